The highest BCUT2D eigenvalue weighted by Crippen LogP contribution is 2.37. The summed E-state index contributed by atoms with van der Waals surface area (Å²) in [6.07, 6.45) is 0. The van der Waals surface area contributed by atoms with Crippen molar-refractivity contribution in [2.24, 2.45) is 0 Å². The van der Waals surface area contributed by atoms with Gasteiger partial charge in [0.1, 0.15) is 0 Å². The third kappa shape index (κ3) is 4.32. The Morgan fingerprint density at radius 2 is 1.71 bits per heavy atom. The molecular formula is C21H20N2O4S. The third-order valence-corrected chi connectivity index (χ3v) is 5.19. The van der Waals surface area contributed by atoms with E-state index in [1.807, 2.05) is 30.3 Å². The maximum absolute atomic E-state index is 13.1. The standard InChI is InChI=1S/C21H20N2O4S/c1-14(25)22-17-9-7-16(8-10-17)18-19(28-12-11-24)21(27)23(20(18)26)13-15-5-3-2-4-6-15/h2-10,24H,11-13H2,1H3,(H,22,25). The van der Waals surface area contributed by atoms with Gasteiger partial charge in [-0.3, -0.25) is 19.3 Å². The summed E-state index contributed by atoms with van der Waals surface area (Å²) in [4.78, 5) is 38.7. The van der Waals surface area contributed by atoms with Gasteiger partial charge in [0.15, 0.2) is 0 Å². The smallest absolute Gasteiger partial charge is 0.268 e. The zero-order valence-electron chi connectivity index (χ0n) is 15.3. The average molecular weight is 396 g/mol. The lowest BCUT2D eigenvalue weighted by Gasteiger charge is -2.15. The Labute approximate surface area is 167 Å². The van der Waals surface area contributed by atoms with Crippen molar-refractivity contribution in [3.05, 3.63) is 70.6 Å². The van der Waals surface area contributed by atoms with Crippen LogP contribution in [-0.2, 0) is 20.9 Å². The maximum Gasteiger partial charge on any atom is 0.268 e. The lowest BCUT2D eigenvalue weighted by Crippen LogP contribution is -2.30. The van der Waals surface area contributed by atoms with Gasteiger partial charge in [-0.25, -0.2) is 0 Å². The van der Waals surface area contributed by atoms with Gasteiger partial charge >= 0.3 is 0 Å². The van der Waals surface area contributed by atoms with Crippen molar-refractivity contribution in [3.8, 4) is 0 Å². The molecule has 144 valence electrons. The fraction of sp³-hybridized carbons (Fsp3) is 0.190. The van der Waals surface area contributed by atoms with Crippen LogP contribution in [0.25, 0.3) is 5.57 Å². The zero-order chi connectivity index (χ0) is 20.1. The number of nitrogens with zero attached hydrogens (tertiary/aromatic N) is 1. The van der Waals surface area contributed by atoms with Crippen LogP contribution in [0.2, 0.25) is 0 Å². The average Bonchev–Trinajstić information content (AvgIpc) is 2.91. The van der Waals surface area contributed by atoms with Crippen molar-refractivity contribution in [2.75, 3.05) is 17.7 Å². The number of rotatable bonds is 7. The van der Waals surface area contributed by atoms with Crippen LogP contribution in [0.3, 0.4) is 0 Å². The minimum atomic E-state index is -0.360. The van der Waals surface area contributed by atoms with Gasteiger partial charge in [-0.1, -0.05) is 42.5 Å². The fourth-order valence-electron chi connectivity index (χ4n) is 2.92. The number of aliphatic hydroxyl groups excluding tert-OH is 1. The monoisotopic (exact) mass is 396 g/mol. The molecule has 2 aromatic rings. The summed E-state index contributed by atoms with van der Waals surface area (Å²) in [7, 11) is 0. The second-order valence-electron chi connectivity index (χ2n) is 6.22. The molecule has 0 atom stereocenters. The minimum absolute atomic E-state index is 0.0942. The lowest BCUT2D eigenvalue weighted by molar-refractivity contribution is -0.137. The molecule has 0 aliphatic carbocycles. The molecule has 1 aliphatic heterocycles. The molecule has 2 aromatic carbocycles. The molecule has 1 aliphatic rings. The van der Waals surface area contributed by atoms with E-state index in [0.29, 0.717) is 27.5 Å². The number of hydrogen-bond donors (Lipinski definition) is 2. The van der Waals surface area contributed by atoms with Crippen LogP contribution in [0.5, 0.6) is 0 Å². The van der Waals surface area contributed by atoms with Crippen LogP contribution in [0.1, 0.15) is 18.1 Å². The largest absolute Gasteiger partial charge is 0.396 e. The summed E-state index contributed by atoms with van der Waals surface area (Å²) >= 11 is 1.18. The molecule has 0 unspecified atom stereocenters. The predicted molar refractivity (Wildman–Crippen MR) is 109 cm³/mol. The van der Waals surface area contributed by atoms with E-state index in [0.717, 1.165) is 5.56 Å². The summed E-state index contributed by atoms with van der Waals surface area (Å²) < 4.78 is 0. The van der Waals surface area contributed by atoms with Crippen LogP contribution in [0.4, 0.5) is 5.69 Å². The molecule has 0 fully saturated rings. The Morgan fingerprint density at radius 1 is 1.04 bits per heavy atom. The molecule has 7 heteroatoms. The molecule has 0 radical (unpaired) electrons. The number of imide groups is 1. The first kappa shape index (κ1) is 19.9. The highest BCUT2D eigenvalue weighted by molar-refractivity contribution is 8.04. The van der Waals surface area contributed by atoms with Crippen molar-refractivity contribution in [3.63, 3.8) is 0 Å². The molecule has 0 saturated carbocycles. The number of carbonyl (C=O) groups excluding carboxylic acids is 3. The van der Waals surface area contributed by atoms with E-state index in [4.69, 9.17) is 5.11 Å². The van der Waals surface area contributed by atoms with Crippen molar-refractivity contribution in [1.82, 2.24) is 4.90 Å². The van der Waals surface area contributed by atoms with Gasteiger partial charge in [0.25, 0.3) is 11.8 Å². The molecule has 28 heavy (non-hydrogen) atoms. The molecular weight excluding hydrogens is 376 g/mol. The summed E-state index contributed by atoms with van der Waals surface area (Å²) in [6, 6.07) is 16.1. The SMILES string of the molecule is CC(=O)Nc1ccc(C2=C(SCCO)C(=O)N(Cc3ccccc3)C2=O)cc1. The second kappa shape index (κ2) is 8.86. The van der Waals surface area contributed by atoms with Crippen LogP contribution < -0.4 is 5.32 Å². The number of carbonyl (C=O) groups is 3. The van der Waals surface area contributed by atoms with E-state index in [-0.39, 0.29) is 30.9 Å². The van der Waals surface area contributed by atoms with E-state index in [9.17, 15) is 14.4 Å². The first-order valence-corrected chi connectivity index (χ1v) is 9.76. The van der Waals surface area contributed by atoms with Crippen molar-refractivity contribution in [1.29, 1.82) is 0 Å². The molecule has 3 rings (SSSR count). The molecule has 2 N–H and O–H groups in total. The first-order valence-electron chi connectivity index (χ1n) is 8.77. The molecule has 0 saturated heterocycles. The van der Waals surface area contributed by atoms with E-state index < -0.39 is 0 Å². The summed E-state index contributed by atoms with van der Waals surface area (Å²) in [5, 5.41) is 11.8. The summed E-state index contributed by atoms with van der Waals surface area (Å²) in [5.41, 5.74) is 2.40. The van der Waals surface area contributed by atoms with E-state index in [1.54, 1.807) is 24.3 Å². The van der Waals surface area contributed by atoms with Crippen LogP contribution in [0.15, 0.2) is 59.5 Å². The van der Waals surface area contributed by atoms with Crippen molar-refractivity contribution >= 4 is 40.7 Å². The minimum Gasteiger partial charge on any atom is -0.396 e. The number of thioether (sulfide) groups is 1. The first-order chi connectivity index (χ1) is 13.5. The van der Waals surface area contributed by atoms with Gasteiger partial charge < -0.3 is 10.4 Å². The number of hydrogen-bond acceptors (Lipinski definition) is 5. The Morgan fingerprint density at radius 3 is 2.32 bits per heavy atom. The molecule has 0 spiro atoms. The molecule has 3 amide bonds. The van der Waals surface area contributed by atoms with Crippen LogP contribution in [-0.4, -0.2) is 40.1 Å². The van der Waals surface area contributed by atoms with E-state index >= 15 is 0 Å². The molecule has 0 bridgehead atoms. The summed E-state index contributed by atoms with van der Waals surface area (Å²) in [5.74, 6) is -0.580. The van der Waals surface area contributed by atoms with Crippen LogP contribution in [0, 0.1) is 0 Å². The number of aliphatic hydroxyl groups is 1. The Bertz CT molecular complexity index is 923. The Kier molecular flexibility index (Phi) is 6.28. The second-order valence-corrected chi connectivity index (χ2v) is 7.32. The van der Waals surface area contributed by atoms with Gasteiger partial charge in [-0.2, -0.15) is 0 Å². The zero-order valence-corrected chi connectivity index (χ0v) is 16.2. The number of amides is 3. The molecule has 0 aromatic heterocycles. The fourth-order valence-corrected chi connectivity index (χ4v) is 3.80. The van der Waals surface area contributed by atoms with Gasteiger partial charge in [-0.15, -0.1) is 11.8 Å². The normalized spacial score (nSPS) is 14.0. The van der Waals surface area contributed by atoms with Gasteiger partial charge in [0.05, 0.1) is 23.6 Å². The predicted octanol–water partition coefficient (Wildman–Crippen LogP) is 2.65. The molecule has 1 heterocycles. The summed E-state index contributed by atoms with van der Waals surface area (Å²) in [6.45, 7) is 1.51. The number of benzene rings is 2. The Hall–Kier alpha value is -2.90. The van der Waals surface area contributed by atoms with Gasteiger partial charge in [0.2, 0.25) is 5.91 Å². The van der Waals surface area contributed by atoms with E-state index in [1.165, 1.54) is 23.6 Å². The number of anilines is 1. The third-order valence-electron chi connectivity index (χ3n) is 4.14. The number of nitrogens with one attached hydrogen (secondary N) is 1. The van der Waals surface area contributed by atoms with Crippen LogP contribution >= 0.6 is 11.8 Å². The molecule has 6 nitrogen and oxygen atoms in total. The van der Waals surface area contributed by atoms with Gasteiger partial charge in [0, 0.05) is 18.4 Å². The maximum atomic E-state index is 13.1. The topological polar surface area (TPSA) is 86.7 Å². The Balaban J connectivity index is 1.92. The quantitative estimate of drug-likeness (QED) is 0.703. The van der Waals surface area contributed by atoms with Gasteiger partial charge in [-0.05, 0) is 23.3 Å². The highest BCUT2D eigenvalue weighted by atomic mass is 32.2. The highest BCUT2D eigenvalue weighted by Gasteiger charge is 2.39. The van der Waals surface area contributed by atoms with E-state index in [2.05, 4.69) is 5.32 Å². The van der Waals surface area contributed by atoms with Crippen molar-refractivity contribution in [2.45, 2.75) is 13.5 Å². The van der Waals surface area contributed by atoms with Crippen molar-refractivity contribution < 1.29 is 19.5 Å². The lowest BCUT2D eigenvalue weighted by atomic mass is 10.1.